The molecule has 0 fully saturated rings. The van der Waals surface area contributed by atoms with Gasteiger partial charge in [0.15, 0.2) is 5.78 Å². The second-order valence-corrected chi connectivity index (χ2v) is 7.00. The number of aromatic nitrogens is 3. The number of benzene rings is 2. The quantitative estimate of drug-likeness (QED) is 0.207. The monoisotopic (exact) mass is 400 g/mol. The number of nitrogen functional groups attached to an aromatic ring is 1. The number of carbonyl (C=O) groups is 1. The van der Waals surface area contributed by atoms with Crippen molar-refractivity contribution < 1.29 is 4.79 Å². The number of hydrogen-bond acceptors (Lipinski definition) is 7. The Morgan fingerprint density at radius 2 is 2.00 bits per heavy atom. The average molecular weight is 401 g/mol. The number of carbonyl (C=O) groups excluding carboxylic acids is 1. The zero-order chi connectivity index (χ0) is 19.2. The fraction of sp³-hybridized carbons (Fsp3) is 0.111. The Morgan fingerprint density at radius 1 is 1.26 bits per heavy atom. The molecule has 138 valence electrons. The molecule has 9 heteroatoms. The van der Waals surface area contributed by atoms with Crippen LogP contribution >= 0.6 is 23.4 Å². The van der Waals surface area contributed by atoms with Crippen LogP contribution in [0.5, 0.6) is 0 Å². The maximum absolute atomic E-state index is 12.2. The van der Waals surface area contributed by atoms with Crippen LogP contribution in [0.2, 0.25) is 5.02 Å². The van der Waals surface area contributed by atoms with Crippen LogP contribution in [0.25, 0.3) is 0 Å². The summed E-state index contributed by atoms with van der Waals surface area (Å²) in [7, 11) is 0. The van der Waals surface area contributed by atoms with Gasteiger partial charge in [-0.05, 0) is 13.0 Å². The van der Waals surface area contributed by atoms with E-state index in [0.29, 0.717) is 15.7 Å². The molecule has 0 aliphatic rings. The largest absolute Gasteiger partial charge is 0.334 e. The van der Waals surface area contributed by atoms with Crippen LogP contribution in [0, 0.1) is 6.92 Å². The molecule has 3 rings (SSSR count). The van der Waals surface area contributed by atoms with Crippen LogP contribution in [0.4, 0.5) is 5.95 Å². The maximum atomic E-state index is 12.2. The molecule has 0 saturated heterocycles. The molecule has 0 aliphatic carbocycles. The summed E-state index contributed by atoms with van der Waals surface area (Å²) in [6.07, 6.45) is 1.56. The summed E-state index contributed by atoms with van der Waals surface area (Å²) >= 11 is 7.27. The van der Waals surface area contributed by atoms with E-state index in [4.69, 9.17) is 17.4 Å². The lowest BCUT2D eigenvalue weighted by Crippen LogP contribution is -2.14. The Hall–Kier alpha value is -2.84. The lowest BCUT2D eigenvalue weighted by atomic mass is 10.1. The number of Topliss-reactive ketones (excluding diaryl/α,β-unsaturated/α-hetero) is 1. The second kappa shape index (κ2) is 8.70. The van der Waals surface area contributed by atoms with Crippen LogP contribution in [-0.4, -0.2) is 32.6 Å². The molecule has 0 spiro atoms. The summed E-state index contributed by atoms with van der Waals surface area (Å²) in [5, 5.41) is 13.0. The van der Waals surface area contributed by atoms with Gasteiger partial charge in [0.25, 0.3) is 5.95 Å². The third kappa shape index (κ3) is 4.87. The molecule has 2 aromatic carbocycles. The number of anilines is 1. The summed E-state index contributed by atoms with van der Waals surface area (Å²) in [6.45, 7) is 1.97. The topological polar surface area (TPSA) is 98.2 Å². The van der Waals surface area contributed by atoms with E-state index in [1.807, 2.05) is 49.4 Å². The summed E-state index contributed by atoms with van der Waals surface area (Å²) in [6, 6.07) is 14.7. The summed E-state index contributed by atoms with van der Waals surface area (Å²) in [5.41, 5.74) is 5.23. The van der Waals surface area contributed by atoms with E-state index in [1.165, 1.54) is 16.4 Å². The first-order valence-electron chi connectivity index (χ1n) is 8.01. The Morgan fingerprint density at radius 3 is 2.74 bits per heavy atom. The van der Waals surface area contributed by atoms with Gasteiger partial charge in [-0.2, -0.15) is 5.10 Å². The predicted octanol–water partition coefficient (Wildman–Crippen LogP) is 3.37. The van der Waals surface area contributed by atoms with Gasteiger partial charge in [0.05, 0.1) is 12.0 Å². The van der Waals surface area contributed by atoms with Gasteiger partial charge in [0, 0.05) is 16.1 Å². The van der Waals surface area contributed by atoms with Crippen LogP contribution in [-0.2, 0) is 0 Å². The van der Waals surface area contributed by atoms with Crippen molar-refractivity contribution in [3.63, 3.8) is 0 Å². The Labute approximate surface area is 165 Å². The normalized spacial score (nSPS) is 11.0. The molecule has 0 radical (unpaired) electrons. The Balaban J connectivity index is 1.59. The zero-order valence-corrected chi connectivity index (χ0v) is 16.0. The summed E-state index contributed by atoms with van der Waals surface area (Å²) < 4.78 is 1.25. The fourth-order valence-electron chi connectivity index (χ4n) is 2.14. The number of rotatable bonds is 7. The average Bonchev–Trinajstić information content (AvgIpc) is 3.02. The van der Waals surface area contributed by atoms with Crippen molar-refractivity contribution in [1.82, 2.24) is 14.9 Å². The van der Waals surface area contributed by atoms with Gasteiger partial charge < -0.3 is 5.84 Å². The van der Waals surface area contributed by atoms with Crippen molar-refractivity contribution in [3.8, 4) is 0 Å². The first-order chi connectivity index (χ1) is 13.0. The molecule has 0 saturated carbocycles. The molecule has 3 N–H and O–H groups in total. The number of nitrogens with two attached hydrogens (primary N) is 1. The van der Waals surface area contributed by atoms with Crippen LogP contribution < -0.4 is 11.3 Å². The minimum atomic E-state index is -0.00532. The molecule has 1 heterocycles. The minimum absolute atomic E-state index is 0.00532. The number of nitrogens with one attached hydrogen (secondary N) is 1. The second-order valence-electron chi connectivity index (χ2n) is 5.65. The molecule has 0 amide bonds. The highest BCUT2D eigenvalue weighted by Crippen LogP contribution is 2.19. The van der Waals surface area contributed by atoms with Crippen molar-refractivity contribution in [3.05, 3.63) is 70.2 Å². The van der Waals surface area contributed by atoms with Crippen molar-refractivity contribution in [2.24, 2.45) is 5.10 Å². The van der Waals surface area contributed by atoms with Gasteiger partial charge in [-0.1, -0.05) is 71.4 Å². The number of hydrazone groups is 1. The molecule has 0 unspecified atom stereocenters. The van der Waals surface area contributed by atoms with Gasteiger partial charge in [0.2, 0.25) is 5.16 Å². The molecule has 7 nitrogen and oxygen atoms in total. The van der Waals surface area contributed by atoms with Crippen molar-refractivity contribution in [2.75, 3.05) is 17.0 Å². The SMILES string of the molecule is Cc1ccc(C(=O)CSc2nnc(N/N=C/c3ccccc3Cl)n2N)cc1. The number of aryl methyl sites for hydroxylation is 1. The van der Waals surface area contributed by atoms with Crippen molar-refractivity contribution in [2.45, 2.75) is 12.1 Å². The smallest absolute Gasteiger partial charge is 0.264 e. The molecule has 0 bridgehead atoms. The Kier molecular flexibility index (Phi) is 6.10. The number of nitrogens with zero attached hydrogens (tertiary/aromatic N) is 4. The molecule has 27 heavy (non-hydrogen) atoms. The fourth-order valence-corrected chi connectivity index (χ4v) is 3.08. The zero-order valence-electron chi connectivity index (χ0n) is 14.5. The highest BCUT2D eigenvalue weighted by atomic mass is 35.5. The van der Waals surface area contributed by atoms with E-state index in [2.05, 4.69) is 20.7 Å². The number of thioether (sulfide) groups is 1. The first kappa shape index (κ1) is 18.9. The molecular weight excluding hydrogens is 384 g/mol. The standard InChI is InChI=1S/C18H17ClN6OS/c1-12-6-8-13(9-7-12)16(26)11-27-18-24-23-17(25(18)20)22-21-10-14-4-2-3-5-15(14)19/h2-10H,11,20H2,1H3,(H,22,23)/b21-10+. The Bertz CT molecular complexity index is 970. The van der Waals surface area contributed by atoms with Gasteiger partial charge >= 0.3 is 0 Å². The minimum Gasteiger partial charge on any atom is -0.334 e. The number of halogens is 1. The van der Waals surface area contributed by atoms with Gasteiger partial charge in [0.1, 0.15) is 0 Å². The molecule has 0 aliphatic heterocycles. The van der Waals surface area contributed by atoms with Crippen LogP contribution in [0.15, 0.2) is 58.8 Å². The lowest BCUT2D eigenvalue weighted by Gasteiger charge is -2.03. The van der Waals surface area contributed by atoms with E-state index in [1.54, 1.807) is 12.3 Å². The predicted molar refractivity (Wildman–Crippen MR) is 109 cm³/mol. The lowest BCUT2D eigenvalue weighted by molar-refractivity contribution is 0.102. The molecule has 0 atom stereocenters. The molecular formula is C18H17ClN6OS. The summed E-state index contributed by atoms with van der Waals surface area (Å²) in [4.78, 5) is 12.2. The number of hydrogen-bond donors (Lipinski definition) is 2. The van der Waals surface area contributed by atoms with Crippen LogP contribution in [0.3, 0.4) is 0 Å². The number of ketones is 1. The van der Waals surface area contributed by atoms with E-state index < -0.39 is 0 Å². The van der Waals surface area contributed by atoms with Gasteiger partial charge in [-0.3, -0.25) is 4.79 Å². The molecule has 1 aromatic heterocycles. The van der Waals surface area contributed by atoms with Gasteiger partial charge in [-0.25, -0.2) is 10.1 Å². The van der Waals surface area contributed by atoms with E-state index in [9.17, 15) is 4.79 Å². The van der Waals surface area contributed by atoms with E-state index >= 15 is 0 Å². The molecule has 3 aromatic rings. The van der Waals surface area contributed by atoms with Crippen molar-refractivity contribution >= 4 is 41.3 Å². The summed E-state index contributed by atoms with van der Waals surface area (Å²) in [5.74, 6) is 6.41. The third-order valence-corrected chi connectivity index (χ3v) is 4.93. The van der Waals surface area contributed by atoms with Crippen LogP contribution in [0.1, 0.15) is 21.5 Å². The maximum Gasteiger partial charge on any atom is 0.264 e. The van der Waals surface area contributed by atoms with Crippen molar-refractivity contribution in [1.29, 1.82) is 0 Å². The van der Waals surface area contributed by atoms with Gasteiger partial charge in [-0.15, -0.1) is 10.2 Å². The van der Waals surface area contributed by atoms with E-state index in [0.717, 1.165) is 11.1 Å². The highest BCUT2D eigenvalue weighted by molar-refractivity contribution is 7.99. The highest BCUT2D eigenvalue weighted by Gasteiger charge is 2.13. The first-order valence-corrected chi connectivity index (χ1v) is 9.37. The van der Waals surface area contributed by atoms with E-state index in [-0.39, 0.29) is 17.5 Å². The third-order valence-electron chi connectivity index (χ3n) is 3.64.